The van der Waals surface area contributed by atoms with E-state index in [9.17, 15) is 0 Å². The van der Waals surface area contributed by atoms with E-state index in [1.807, 2.05) is 10.9 Å². The van der Waals surface area contributed by atoms with E-state index < -0.39 is 0 Å². The quantitative estimate of drug-likeness (QED) is 0.790. The van der Waals surface area contributed by atoms with Gasteiger partial charge in [-0.2, -0.15) is 5.10 Å². The van der Waals surface area contributed by atoms with Crippen molar-refractivity contribution in [3.05, 3.63) is 59.8 Å². The van der Waals surface area contributed by atoms with Gasteiger partial charge in [-0.3, -0.25) is 0 Å². The minimum Gasteiger partial charge on any atom is -0.310 e. The van der Waals surface area contributed by atoms with Gasteiger partial charge in [-0.1, -0.05) is 30.3 Å². The first kappa shape index (κ1) is 12.6. The molecule has 0 amide bonds. The van der Waals surface area contributed by atoms with Gasteiger partial charge in [0.2, 0.25) is 0 Å². The van der Waals surface area contributed by atoms with E-state index in [2.05, 4.69) is 59.8 Å². The monoisotopic (exact) mass is 277 g/mol. The fourth-order valence-electron chi connectivity index (χ4n) is 2.71. The number of fused-ring (bicyclic) bond motifs is 1. The van der Waals surface area contributed by atoms with E-state index in [-0.39, 0.29) is 0 Å². The largest absolute Gasteiger partial charge is 0.310 e. The number of nitrogens with zero attached hydrogens (tertiary/aromatic N) is 2. The second kappa shape index (κ2) is 5.01. The summed E-state index contributed by atoms with van der Waals surface area (Å²) in [5, 5.41) is 9.32. The number of benzene rings is 2. The standard InChI is InChI=1S/C18H19N3/c1-13-6-7-14(11-19-16-8-9-16)10-18(13)21-17-5-3-2-4-15(17)12-20-21/h2-7,10,12,16,19H,8-9,11H2,1H3. The molecule has 0 atom stereocenters. The second-order valence-electron chi connectivity index (χ2n) is 5.89. The van der Waals surface area contributed by atoms with E-state index in [4.69, 9.17) is 0 Å². The molecule has 1 fully saturated rings. The Labute approximate surface area is 124 Å². The number of aromatic nitrogens is 2. The van der Waals surface area contributed by atoms with Crippen molar-refractivity contribution in [2.24, 2.45) is 0 Å². The average Bonchev–Trinajstić information content (AvgIpc) is 3.25. The van der Waals surface area contributed by atoms with Gasteiger partial charge in [-0.05, 0) is 43.0 Å². The van der Waals surface area contributed by atoms with Crippen LogP contribution in [0.15, 0.2) is 48.7 Å². The molecule has 106 valence electrons. The van der Waals surface area contributed by atoms with Gasteiger partial charge in [-0.15, -0.1) is 0 Å². The van der Waals surface area contributed by atoms with Crippen molar-refractivity contribution in [3.63, 3.8) is 0 Å². The van der Waals surface area contributed by atoms with Crippen molar-refractivity contribution < 1.29 is 0 Å². The summed E-state index contributed by atoms with van der Waals surface area (Å²) >= 11 is 0. The summed E-state index contributed by atoms with van der Waals surface area (Å²) < 4.78 is 2.05. The maximum atomic E-state index is 4.57. The van der Waals surface area contributed by atoms with Crippen molar-refractivity contribution in [3.8, 4) is 5.69 Å². The second-order valence-corrected chi connectivity index (χ2v) is 5.89. The lowest BCUT2D eigenvalue weighted by Gasteiger charge is -2.11. The Balaban J connectivity index is 1.73. The summed E-state index contributed by atoms with van der Waals surface area (Å²) in [5.41, 5.74) is 4.90. The molecule has 1 aliphatic carbocycles. The third kappa shape index (κ3) is 2.45. The van der Waals surface area contributed by atoms with Crippen LogP contribution in [0.5, 0.6) is 0 Å². The van der Waals surface area contributed by atoms with Crippen LogP contribution in [0.4, 0.5) is 0 Å². The molecule has 1 N–H and O–H groups in total. The molecule has 3 heteroatoms. The molecule has 1 saturated carbocycles. The minimum absolute atomic E-state index is 0.736. The zero-order valence-electron chi connectivity index (χ0n) is 12.2. The van der Waals surface area contributed by atoms with Crippen LogP contribution in [-0.2, 0) is 6.54 Å². The van der Waals surface area contributed by atoms with Crippen molar-refractivity contribution >= 4 is 10.9 Å². The number of hydrogen-bond acceptors (Lipinski definition) is 2. The Morgan fingerprint density at radius 1 is 1.19 bits per heavy atom. The third-order valence-corrected chi connectivity index (χ3v) is 4.15. The Hall–Kier alpha value is -2.13. The van der Waals surface area contributed by atoms with Crippen LogP contribution in [0.3, 0.4) is 0 Å². The number of rotatable bonds is 4. The maximum Gasteiger partial charge on any atom is 0.0741 e. The molecule has 3 aromatic rings. The van der Waals surface area contributed by atoms with Crippen molar-refractivity contribution in [1.29, 1.82) is 0 Å². The molecule has 2 aromatic carbocycles. The fraction of sp³-hybridized carbons (Fsp3) is 0.278. The number of nitrogens with one attached hydrogen (secondary N) is 1. The molecule has 1 heterocycles. The molecule has 21 heavy (non-hydrogen) atoms. The van der Waals surface area contributed by atoms with Gasteiger partial charge in [0.15, 0.2) is 0 Å². The van der Waals surface area contributed by atoms with Crippen molar-refractivity contribution in [2.75, 3.05) is 0 Å². The maximum absolute atomic E-state index is 4.57. The van der Waals surface area contributed by atoms with E-state index in [1.165, 1.54) is 35.0 Å². The summed E-state index contributed by atoms with van der Waals surface area (Å²) in [6.07, 6.45) is 4.58. The van der Waals surface area contributed by atoms with Gasteiger partial charge < -0.3 is 5.32 Å². The molecule has 3 nitrogen and oxygen atoms in total. The topological polar surface area (TPSA) is 29.9 Å². The lowest BCUT2D eigenvalue weighted by molar-refractivity contribution is 0.687. The van der Waals surface area contributed by atoms with E-state index in [0.29, 0.717) is 0 Å². The van der Waals surface area contributed by atoms with Crippen LogP contribution in [0.1, 0.15) is 24.0 Å². The van der Waals surface area contributed by atoms with Gasteiger partial charge in [-0.25, -0.2) is 4.68 Å². The Morgan fingerprint density at radius 2 is 2.05 bits per heavy atom. The summed E-state index contributed by atoms with van der Waals surface area (Å²) in [6, 6.07) is 15.7. The fourth-order valence-corrected chi connectivity index (χ4v) is 2.71. The van der Waals surface area contributed by atoms with E-state index >= 15 is 0 Å². The first-order chi connectivity index (χ1) is 10.3. The summed E-state index contributed by atoms with van der Waals surface area (Å²) in [6.45, 7) is 3.08. The molecular formula is C18H19N3. The number of hydrogen-bond donors (Lipinski definition) is 1. The Morgan fingerprint density at radius 3 is 2.90 bits per heavy atom. The molecule has 0 saturated heterocycles. The normalized spacial score (nSPS) is 14.7. The molecule has 0 unspecified atom stereocenters. The number of aryl methyl sites for hydroxylation is 1. The lowest BCUT2D eigenvalue weighted by Crippen LogP contribution is -2.15. The average molecular weight is 277 g/mol. The van der Waals surface area contributed by atoms with Gasteiger partial charge >= 0.3 is 0 Å². The van der Waals surface area contributed by atoms with E-state index in [0.717, 1.165) is 18.1 Å². The van der Waals surface area contributed by atoms with Gasteiger partial charge in [0, 0.05) is 18.0 Å². The molecule has 0 spiro atoms. The van der Waals surface area contributed by atoms with Crippen molar-refractivity contribution in [2.45, 2.75) is 32.4 Å². The first-order valence-corrected chi connectivity index (χ1v) is 7.57. The molecule has 0 aliphatic heterocycles. The summed E-state index contributed by atoms with van der Waals surface area (Å²) in [4.78, 5) is 0. The zero-order valence-corrected chi connectivity index (χ0v) is 12.2. The molecule has 0 radical (unpaired) electrons. The Kier molecular flexibility index (Phi) is 3.00. The van der Waals surface area contributed by atoms with Crippen LogP contribution in [0.25, 0.3) is 16.6 Å². The number of para-hydroxylation sites is 1. The highest BCUT2D eigenvalue weighted by atomic mass is 15.3. The predicted molar refractivity (Wildman–Crippen MR) is 85.7 cm³/mol. The highest BCUT2D eigenvalue weighted by Gasteiger charge is 2.20. The molecule has 1 aromatic heterocycles. The lowest BCUT2D eigenvalue weighted by atomic mass is 10.1. The zero-order chi connectivity index (χ0) is 14.2. The summed E-state index contributed by atoms with van der Waals surface area (Å²) in [7, 11) is 0. The minimum atomic E-state index is 0.736. The van der Waals surface area contributed by atoms with Crippen LogP contribution >= 0.6 is 0 Å². The Bertz CT molecular complexity index is 784. The van der Waals surface area contributed by atoms with Crippen molar-refractivity contribution in [1.82, 2.24) is 15.1 Å². The van der Waals surface area contributed by atoms with Crippen LogP contribution in [0.2, 0.25) is 0 Å². The first-order valence-electron chi connectivity index (χ1n) is 7.57. The van der Waals surface area contributed by atoms with Gasteiger partial charge in [0.05, 0.1) is 17.4 Å². The molecular weight excluding hydrogens is 258 g/mol. The van der Waals surface area contributed by atoms with Gasteiger partial charge in [0.25, 0.3) is 0 Å². The van der Waals surface area contributed by atoms with Gasteiger partial charge in [0.1, 0.15) is 0 Å². The third-order valence-electron chi connectivity index (χ3n) is 4.15. The SMILES string of the molecule is Cc1ccc(CNC2CC2)cc1-n1ncc2ccccc21. The smallest absolute Gasteiger partial charge is 0.0741 e. The molecule has 0 bridgehead atoms. The van der Waals surface area contributed by atoms with Crippen LogP contribution in [0, 0.1) is 6.92 Å². The van der Waals surface area contributed by atoms with E-state index in [1.54, 1.807) is 0 Å². The highest BCUT2D eigenvalue weighted by molar-refractivity contribution is 5.80. The van der Waals surface area contributed by atoms with Crippen LogP contribution < -0.4 is 5.32 Å². The highest BCUT2D eigenvalue weighted by Crippen LogP contribution is 2.23. The van der Waals surface area contributed by atoms with Crippen LogP contribution in [-0.4, -0.2) is 15.8 Å². The molecule has 4 rings (SSSR count). The summed E-state index contributed by atoms with van der Waals surface area (Å²) in [5.74, 6) is 0. The predicted octanol–water partition coefficient (Wildman–Crippen LogP) is 3.59. The molecule has 1 aliphatic rings.